The quantitative estimate of drug-likeness (QED) is 0.502. The number of rotatable bonds is 0. The summed E-state index contributed by atoms with van der Waals surface area (Å²) in [5.41, 5.74) is 0. The van der Waals surface area contributed by atoms with E-state index >= 15 is 0 Å². The predicted molar refractivity (Wildman–Crippen MR) is 11.0 cm³/mol. The molecule has 0 fully saturated rings. The van der Waals surface area contributed by atoms with E-state index in [1.54, 1.807) is 0 Å². The molecule has 0 saturated heterocycles. The summed E-state index contributed by atoms with van der Waals surface area (Å²) in [6, 6.07) is 0. The summed E-state index contributed by atoms with van der Waals surface area (Å²) in [4.78, 5) is 0. The molecule has 2 nitrogen and oxygen atoms in total. The van der Waals surface area contributed by atoms with Gasteiger partial charge >= 0.3 is 44.8 Å². The molecule has 4 N–H and O–H groups in total. The van der Waals surface area contributed by atoms with Crippen molar-refractivity contribution in [2.24, 2.45) is 0 Å². The van der Waals surface area contributed by atoms with Crippen molar-refractivity contribution < 1.29 is 44.8 Å². The van der Waals surface area contributed by atoms with Crippen molar-refractivity contribution in [1.29, 1.82) is 5.26 Å². The van der Waals surface area contributed by atoms with Gasteiger partial charge in [0.2, 0.25) is 0 Å². The van der Waals surface area contributed by atoms with E-state index in [1.807, 2.05) is 0 Å². The van der Waals surface area contributed by atoms with Crippen LogP contribution in [0.25, 0.3) is 0 Å². The minimum absolute atomic E-state index is 0. The second-order valence-corrected chi connectivity index (χ2v) is 0. The first-order chi connectivity index (χ1) is 1.00. The van der Waals surface area contributed by atoms with Gasteiger partial charge in [-0.1, -0.05) is 0 Å². The number of hydrogen-bond acceptors (Lipinski definition) is 1. The number of nitrogens with zero attached hydrogens (tertiary/aromatic N) is 1. The van der Waals surface area contributed by atoms with Crippen LogP contribution in [0.4, 0.5) is 0 Å². The van der Waals surface area contributed by atoms with Crippen LogP contribution in [0, 0.1) is 11.8 Å². The van der Waals surface area contributed by atoms with Crippen molar-refractivity contribution in [2.45, 2.75) is 0 Å². The average molecular weight is 349 g/mol. The summed E-state index contributed by atoms with van der Waals surface area (Å²) < 4.78 is 0. The Morgan fingerprint density at radius 1 is 1.20 bits per heavy atom. The topological polar surface area (TPSA) is 60.3 Å². The fourth-order valence-corrected chi connectivity index (χ4v) is 0. The second-order valence-electron chi connectivity index (χ2n) is 0. The Bertz CT molecular complexity index is 14.4. The molecule has 5 heavy (non-hydrogen) atoms. The number of quaternary nitrogens is 1. The largest absolute Gasteiger partial charge is 1.00 e. The van der Waals surface area contributed by atoms with Crippen LogP contribution >= 0.6 is 0 Å². The zero-order valence-corrected chi connectivity index (χ0v) is 6.20. The Labute approximate surface area is 62.5 Å². The van der Waals surface area contributed by atoms with Crippen molar-refractivity contribution in [3.63, 3.8) is 0 Å². The van der Waals surface area contributed by atoms with E-state index in [4.69, 9.17) is 11.8 Å². The Morgan fingerprint density at radius 2 is 1.20 bits per heavy atom. The van der Waals surface area contributed by atoms with Crippen LogP contribution in [0.3, 0.4) is 0 Å². The molecule has 0 aliphatic rings. The molecule has 0 spiro atoms. The first-order valence-corrected chi connectivity index (χ1v) is 0.224. The normalized spacial score (nSPS) is 0.400. The molecule has 0 saturated carbocycles. The maximum Gasteiger partial charge on any atom is 1.00 e. The van der Waals surface area contributed by atoms with Crippen molar-refractivity contribution in [3.8, 4) is 0 Å². The van der Waals surface area contributed by atoms with Gasteiger partial charge in [0.1, 0.15) is 0 Å². The summed E-state index contributed by atoms with van der Waals surface area (Å²) >= 11 is 0. The molecule has 0 aliphatic heterocycles. The van der Waals surface area contributed by atoms with E-state index in [0.717, 1.165) is 0 Å². The molecule has 4 heteroatoms. The van der Waals surface area contributed by atoms with Crippen molar-refractivity contribution in [2.75, 3.05) is 0 Å². The fourth-order valence-electron chi connectivity index (χ4n) is 0. The maximum atomic E-state index is 6.25. The molecule has 0 aliphatic carbocycles. The minimum Gasteiger partial charge on any atom is -0.512 e. The SMILES string of the molecule is [Ag+].[Au+].[C-]#N.[NH4+]. The molecule has 0 bridgehead atoms. The minimum atomic E-state index is 0. The summed E-state index contributed by atoms with van der Waals surface area (Å²) in [5, 5.41) is 6.25. The zero-order chi connectivity index (χ0) is 2.00. The van der Waals surface area contributed by atoms with E-state index in [1.165, 1.54) is 0 Å². The van der Waals surface area contributed by atoms with Crippen LogP contribution in [0.1, 0.15) is 0 Å². The molecule has 0 unspecified atom stereocenters. The molecule has 0 aromatic rings. The molecule has 0 amide bonds. The smallest absolute Gasteiger partial charge is 0.512 e. The van der Waals surface area contributed by atoms with Gasteiger partial charge in [-0.15, -0.1) is 0 Å². The molecule has 0 atom stereocenters. The van der Waals surface area contributed by atoms with E-state index in [9.17, 15) is 0 Å². The van der Waals surface area contributed by atoms with Gasteiger partial charge in [-0.05, 0) is 0 Å². The molecule has 0 rings (SSSR count). The summed E-state index contributed by atoms with van der Waals surface area (Å²) in [5.74, 6) is 0. The molecule has 0 heterocycles. The third-order valence-electron chi connectivity index (χ3n) is 0. The van der Waals surface area contributed by atoms with E-state index in [2.05, 4.69) is 0 Å². The monoisotopic (exact) mass is 348 g/mol. The first-order valence-electron chi connectivity index (χ1n) is 0.224. The molecule has 0 aromatic carbocycles. The maximum absolute atomic E-state index is 6.25. The van der Waals surface area contributed by atoms with E-state index in [-0.39, 0.29) is 50.9 Å². The zero-order valence-electron chi connectivity index (χ0n) is 2.55. The summed E-state index contributed by atoms with van der Waals surface area (Å²) in [6.07, 6.45) is 0. The molecular formula is CH4AgAuN2+2. The third-order valence-corrected chi connectivity index (χ3v) is 0. The van der Waals surface area contributed by atoms with Crippen LogP contribution in [0.2, 0.25) is 0 Å². The Kier molecular flexibility index (Phi) is 681. The van der Waals surface area contributed by atoms with Gasteiger partial charge < -0.3 is 18.0 Å². The Hall–Kier alpha value is 0.931. The van der Waals surface area contributed by atoms with Gasteiger partial charge in [0, 0.05) is 0 Å². The standard InChI is InChI=1S/CN.Ag.Au.H3N/c1-2;;;/h;;;1H3/q-1;2*+1;/p+1. The van der Waals surface area contributed by atoms with Gasteiger partial charge in [0.15, 0.2) is 0 Å². The molecule has 38 valence electrons. The van der Waals surface area contributed by atoms with Crippen LogP contribution in [0.15, 0.2) is 0 Å². The molecule has 0 aromatic heterocycles. The van der Waals surface area contributed by atoms with Crippen LogP contribution in [-0.4, -0.2) is 0 Å². The summed E-state index contributed by atoms with van der Waals surface area (Å²) in [6.45, 7) is 4.75. The fraction of sp³-hybridized carbons (Fsp3) is 0. The van der Waals surface area contributed by atoms with Crippen molar-refractivity contribution >= 4 is 0 Å². The Balaban J connectivity index is -0.00000000167. The van der Waals surface area contributed by atoms with Crippen molar-refractivity contribution in [3.05, 3.63) is 6.57 Å². The third kappa shape index (κ3) is 48.9. The molecule has 0 radical (unpaired) electrons. The second kappa shape index (κ2) is 88.0. The van der Waals surface area contributed by atoms with Gasteiger partial charge in [0.25, 0.3) is 0 Å². The van der Waals surface area contributed by atoms with Gasteiger partial charge in [0.05, 0.1) is 0 Å². The Morgan fingerprint density at radius 3 is 1.20 bits per heavy atom. The van der Waals surface area contributed by atoms with Gasteiger partial charge in [-0.25, -0.2) is 0 Å². The predicted octanol–water partition coefficient (Wildman–Crippen LogP) is 0.468. The van der Waals surface area contributed by atoms with Crippen LogP contribution in [0.5, 0.6) is 0 Å². The van der Waals surface area contributed by atoms with E-state index in [0.29, 0.717) is 0 Å². The van der Waals surface area contributed by atoms with Crippen LogP contribution in [-0.2, 0) is 44.8 Å². The van der Waals surface area contributed by atoms with E-state index < -0.39 is 0 Å². The summed E-state index contributed by atoms with van der Waals surface area (Å²) in [7, 11) is 0. The van der Waals surface area contributed by atoms with Crippen molar-refractivity contribution in [1.82, 2.24) is 6.15 Å². The molecular weight excluding hydrogens is 345 g/mol. The first kappa shape index (κ1) is 38.7. The van der Waals surface area contributed by atoms with Gasteiger partial charge in [-0.3, -0.25) is 0 Å². The van der Waals surface area contributed by atoms with Gasteiger partial charge in [-0.2, -0.15) is 0 Å². The average Bonchev–Trinajstić information content (AvgIpc) is 1.00. The van der Waals surface area contributed by atoms with Crippen LogP contribution < -0.4 is 6.15 Å². The number of hydrogen-bond donors (Lipinski definition) is 1.